The van der Waals surface area contributed by atoms with Crippen LogP contribution in [0.15, 0.2) is 47.3 Å². The van der Waals surface area contributed by atoms with Gasteiger partial charge < -0.3 is 5.32 Å². The first-order valence-electron chi connectivity index (χ1n) is 6.69. The number of aromatic nitrogens is 2. The van der Waals surface area contributed by atoms with Gasteiger partial charge in [-0.2, -0.15) is 5.10 Å². The van der Waals surface area contributed by atoms with Crippen molar-refractivity contribution >= 4 is 34.1 Å². The normalized spacial score (nSPS) is 10.7. The zero-order chi connectivity index (χ0) is 16.6. The highest BCUT2D eigenvalue weighted by atomic mass is 35.5. The Bertz CT molecular complexity index is 967. The molecule has 5 nitrogen and oxygen atoms in total. The first kappa shape index (κ1) is 15.2. The standard InChI is InChI=1S/C16H11ClFN3O2/c1-21-13-7-4-10(18)8-12(13)15(22)14(20-21)16(23)19-11-5-2-9(17)3-6-11/h2-8H,1H3,(H,19,23). The van der Waals surface area contributed by atoms with E-state index in [4.69, 9.17) is 11.6 Å². The number of fused-ring (bicyclic) bond motifs is 1. The quantitative estimate of drug-likeness (QED) is 0.785. The number of aryl methyl sites for hydroxylation is 1. The molecule has 1 amide bonds. The highest BCUT2D eigenvalue weighted by Crippen LogP contribution is 2.15. The van der Waals surface area contributed by atoms with Crippen LogP contribution in [0.3, 0.4) is 0 Å². The Labute approximate surface area is 135 Å². The fraction of sp³-hybridized carbons (Fsp3) is 0.0625. The summed E-state index contributed by atoms with van der Waals surface area (Å²) >= 11 is 5.78. The molecule has 0 saturated carbocycles. The topological polar surface area (TPSA) is 64.0 Å². The first-order valence-corrected chi connectivity index (χ1v) is 7.07. The van der Waals surface area contributed by atoms with Gasteiger partial charge in [-0.3, -0.25) is 14.3 Å². The summed E-state index contributed by atoms with van der Waals surface area (Å²) in [5.74, 6) is -1.22. The van der Waals surface area contributed by atoms with Gasteiger partial charge in [-0.25, -0.2) is 4.39 Å². The minimum Gasteiger partial charge on any atom is -0.320 e. The van der Waals surface area contributed by atoms with Crippen molar-refractivity contribution < 1.29 is 9.18 Å². The molecule has 0 bridgehead atoms. The number of amides is 1. The SMILES string of the molecule is Cn1nc(C(=O)Nc2ccc(Cl)cc2)c(=O)c2cc(F)ccc21. The molecule has 0 atom stereocenters. The summed E-state index contributed by atoms with van der Waals surface area (Å²) in [6.07, 6.45) is 0. The van der Waals surface area contributed by atoms with Gasteiger partial charge in [0, 0.05) is 17.8 Å². The fourth-order valence-corrected chi connectivity index (χ4v) is 2.35. The van der Waals surface area contributed by atoms with Gasteiger partial charge in [0.25, 0.3) is 5.91 Å². The Kier molecular flexibility index (Phi) is 3.83. The van der Waals surface area contributed by atoms with Gasteiger partial charge in [0.05, 0.1) is 10.9 Å². The molecule has 2 aromatic carbocycles. The lowest BCUT2D eigenvalue weighted by Crippen LogP contribution is -2.26. The Hall–Kier alpha value is -2.73. The number of halogens is 2. The van der Waals surface area contributed by atoms with Crippen LogP contribution in [0.25, 0.3) is 10.9 Å². The first-order chi connectivity index (χ1) is 11.0. The van der Waals surface area contributed by atoms with Crippen molar-refractivity contribution in [3.05, 3.63) is 69.2 Å². The van der Waals surface area contributed by atoms with Crippen LogP contribution < -0.4 is 10.7 Å². The minimum absolute atomic E-state index is 0.101. The lowest BCUT2D eigenvalue weighted by molar-refractivity contribution is 0.101. The Balaban J connectivity index is 2.05. The molecular weight excluding hydrogens is 321 g/mol. The van der Waals surface area contributed by atoms with Crippen LogP contribution >= 0.6 is 11.6 Å². The van der Waals surface area contributed by atoms with Gasteiger partial charge in [0.15, 0.2) is 5.69 Å². The number of rotatable bonds is 2. The van der Waals surface area contributed by atoms with Crippen LogP contribution in [0.2, 0.25) is 5.02 Å². The molecule has 1 aromatic heterocycles. The van der Waals surface area contributed by atoms with E-state index in [9.17, 15) is 14.0 Å². The molecule has 0 unspecified atom stereocenters. The molecule has 0 aliphatic carbocycles. The van der Waals surface area contributed by atoms with Gasteiger partial charge in [0.1, 0.15) is 5.82 Å². The minimum atomic E-state index is -0.668. The second-order valence-corrected chi connectivity index (χ2v) is 5.36. The molecular formula is C16H11ClFN3O2. The maximum Gasteiger partial charge on any atom is 0.280 e. The predicted octanol–water partition coefficient (Wildman–Crippen LogP) is 2.98. The Morgan fingerprint density at radius 2 is 1.91 bits per heavy atom. The van der Waals surface area contributed by atoms with E-state index in [-0.39, 0.29) is 11.1 Å². The lowest BCUT2D eigenvalue weighted by atomic mass is 10.2. The summed E-state index contributed by atoms with van der Waals surface area (Å²) < 4.78 is 14.8. The maximum atomic E-state index is 13.4. The number of nitrogens with one attached hydrogen (secondary N) is 1. The fourth-order valence-electron chi connectivity index (χ4n) is 2.22. The molecule has 116 valence electrons. The Morgan fingerprint density at radius 1 is 1.22 bits per heavy atom. The summed E-state index contributed by atoms with van der Waals surface area (Å²) in [7, 11) is 1.58. The average Bonchev–Trinajstić information content (AvgIpc) is 2.53. The second-order valence-electron chi connectivity index (χ2n) is 4.92. The predicted molar refractivity (Wildman–Crippen MR) is 86.3 cm³/mol. The van der Waals surface area contributed by atoms with Crippen LogP contribution in [0.4, 0.5) is 10.1 Å². The number of carbonyl (C=O) groups excluding carboxylic acids is 1. The average molecular weight is 332 g/mol. The molecule has 0 spiro atoms. The van der Waals surface area contributed by atoms with Crippen molar-refractivity contribution in [1.82, 2.24) is 9.78 Å². The van der Waals surface area contributed by atoms with Gasteiger partial charge in [-0.1, -0.05) is 11.6 Å². The van der Waals surface area contributed by atoms with E-state index in [0.717, 1.165) is 6.07 Å². The number of hydrogen-bond acceptors (Lipinski definition) is 3. The van der Waals surface area contributed by atoms with Gasteiger partial charge in [-0.05, 0) is 42.5 Å². The number of hydrogen-bond donors (Lipinski definition) is 1. The molecule has 1 N–H and O–H groups in total. The molecule has 1 heterocycles. The molecule has 3 aromatic rings. The summed E-state index contributed by atoms with van der Waals surface area (Å²) in [4.78, 5) is 24.7. The van der Waals surface area contributed by atoms with E-state index >= 15 is 0 Å². The van der Waals surface area contributed by atoms with Gasteiger partial charge in [-0.15, -0.1) is 0 Å². The summed E-state index contributed by atoms with van der Waals surface area (Å²) in [5.41, 5.74) is -0.00773. The monoisotopic (exact) mass is 331 g/mol. The summed E-state index contributed by atoms with van der Waals surface area (Å²) in [6.45, 7) is 0. The number of anilines is 1. The van der Waals surface area contributed by atoms with Crippen molar-refractivity contribution in [2.24, 2.45) is 7.05 Å². The highest BCUT2D eigenvalue weighted by molar-refractivity contribution is 6.30. The summed E-state index contributed by atoms with van der Waals surface area (Å²) in [6, 6.07) is 10.2. The third-order valence-electron chi connectivity index (χ3n) is 3.33. The molecule has 7 heteroatoms. The molecule has 23 heavy (non-hydrogen) atoms. The number of carbonyl (C=O) groups is 1. The lowest BCUT2D eigenvalue weighted by Gasteiger charge is -2.08. The molecule has 0 aliphatic rings. The van der Waals surface area contributed by atoms with Crippen LogP contribution in [0.1, 0.15) is 10.5 Å². The van der Waals surface area contributed by atoms with Crippen LogP contribution in [0, 0.1) is 5.82 Å². The molecule has 0 radical (unpaired) electrons. The van der Waals surface area contributed by atoms with Crippen molar-refractivity contribution in [3.8, 4) is 0 Å². The van der Waals surface area contributed by atoms with E-state index in [1.807, 2.05) is 0 Å². The maximum absolute atomic E-state index is 13.4. The number of benzene rings is 2. The third-order valence-corrected chi connectivity index (χ3v) is 3.59. The molecule has 0 saturated heterocycles. The van der Waals surface area contributed by atoms with Crippen LogP contribution in [0.5, 0.6) is 0 Å². The molecule has 3 rings (SSSR count). The summed E-state index contributed by atoms with van der Waals surface area (Å²) in [5, 5.41) is 7.18. The van der Waals surface area contributed by atoms with Crippen LogP contribution in [-0.4, -0.2) is 15.7 Å². The third kappa shape index (κ3) is 2.93. The van der Waals surface area contributed by atoms with E-state index in [0.29, 0.717) is 16.2 Å². The largest absolute Gasteiger partial charge is 0.320 e. The van der Waals surface area contributed by atoms with E-state index in [1.165, 1.54) is 16.8 Å². The Morgan fingerprint density at radius 3 is 2.61 bits per heavy atom. The van der Waals surface area contributed by atoms with Crippen molar-refractivity contribution in [1.29, 1.82) is 0 Å². The van der Waals surface area contributed by atoms with Gasteiger partial charge in [0.2, 0.25) is 5.43 Å². The van der Waals surface area contributed by atoms with Crippen LogP contribution in [-0.2, 0) is 7.05 Å². The van der Waals surface area contributed by atoms with E-state index in [2.05, 4.69) is 10.4 Å². The van der Waals surface area contributed by atoms with Gasteiger partial charge >= 0.3 is 0 Å². The second kappa shape index (κ2) is 5.81. The molecule has 0 aliphatic heterocycles. The zero-order valence-corrected chi connectivity index (χ0v) is 12.8. The van der Waals surface area contributed by atoms with Crippen molar-refractivity contribution in [2.75, 3.05) is 5.32 Å². The van der Waals surface area contributed by atoms with Crippen molar-refractivity contribution in [2.45, 2.75) is 0 Å². The highest BCUT2D eigenvalue weighted by Gasteiger charge is 2.17. The zero-order valence-electron chi connectivity index (χ0n) is 12.0. The molecule has 0 fully saturated rings. The van der Waals surface area contributed by atoms with E-state index < -0.39 is 17.2 Å². The smallest absolute Gasteiger partial charge is 0.280 e. The van der Waals surface area contributed by atoms with E-state index in [1.54, 1.807) is 31.3 Å². The van der Waals surface area contributed by atoms with Crippen molar-refractivity contribution in [3.63, 3.8) is 0 Å². The number of nitrogens with zero attached hydrogens (tertiary/aromatic N) is 2.